The molecule has 1 aliphatic rings. The average molecular weight is 267 g/mol. The first-order valence-corrected chi connectivity index (χ1v) is 5.88. The van der Waals surface area contributed by atoms with Crippen LogP contribution in [0, 0.1) is 12.7 Å². The van der Waals surface area contributed by atoms with Gasteiger partial charge >= 0.3 is 5.97 Å². The Morgan fingerprint density at radius 3 is 2.74 bits per heavy atom. The lowest BCUT2D eigenvalue weighted by Crippen LogP contribution is -2.40. The summed E-state index contributed by atoms with van der Waals surface area (Å²) in [7, 11) is 0. The molecule has 1 saturated heterocycles. The maximum absolute atomic E-state index is 13.2. The van der Waals surface area contributed by atoms with E-state index in [-0.39, 0.29) is 18.5 Å². The fourth-order valence-corrected chi connectivity index (χ4v) is 2.25. The van der Waals surface area contributed by atoms with Crippen molar-refractivity contribution in [3.05, 3.63) is 35.1 Å². The van der Waals surface area contributed by atoms with Crippen LogP contribution in [0.3, 0.4) is 0 Å². The number of aliphatic hydroxyl groups is 1. The number of carboxylic acid groups (broad SMARTS) is 1. The molecule has 0 aromatic heterocycles. The van der Waals surface area contributed by atoms with Crippen LogP contribution in [0.15, 0.2) is 18.2 Å². The number of aliphatic carboxylic acids is 1. The number of rotatable bonds is 2. The van der Waals surface area contributed by atoms with Crippen LogP contribution in [0.1, 0.15) is 22.3 Å². The highest BCUT2D eigenvalue weighted by molar-refractivity contribution is 5.98. The summed E-state index contributed by atoms with van der Waals surface area (Å²) in [6.45, 7) is 1.60. The number of halogens is 1. The largest absolute Gasteiger partial charge is 0.480 e. The molecule has 6 heteroatoms. The molecule has 1 amide bonds. The first kappa shape index (κ1) is 13.5. The number of amides is 1. The number of carboxylic acids is 1. The van der Waals surface area contributed by atoms with Crippen molar-refractivity contribution in [2.24, 2.45) is 0 Å². The molecule has 1 fully saturated rings. The molecule has 0 bridgehead atoms. The Labute approximate surface area is 109 Å². The third-order valence-corrected chi connectivity index (χ3v) is 3.25. The van der Waals surface area contributed by atoms with Gasteiger partial charge in [0.1, 0.15) is 11.9 Å². The highest BCUT2D eigenvalue weighted by Crippen LogP contribution is 2.22. The minimum absolute atomic E-state index is 0.00453. The monoisotopic (exact) mass is 267 g/mol. The quantitative estimate of drug-likeness (QED) is 0.830. The standard InChI is InChI=1S/C13H14FNO4/c1-7-2-3-8(14)4-10(7)12(17)15-6-9(16)5-11(15)13(18)19/h2-4,9,11,16H,5-6H2,1H3,(H,18,19)/t9?,11-/m0/s1. The van der Waals surface area contributed by atoms with E-state index in [1.54, 1.807) is 6.92 Å². The minimum Gasteiger partial charge on any atom is -0.480 e. The Bertz CT molecular complexity index is 531. The Morgan fingerprint density at radius 1 is 1.42 bits per heavy atom. The Balaban J connectivity index is 2.33. The van der Waals surface area contributed by atoms with E-state index in [2.05, 4.69) is 0 Å². The van der Waals surface area contributed by atoms with Gasteiger partial charge in [0, 0.05) is 18.5 Å². The summed E-state index contributed by atoms with van der Waals surface area (Å²) in [5.74, 6) is -2.29. The molecule has 5 nitrogen and oxygen atoms in total. The van der Waals surface area contributed by atoms with E-state index in [9.17, 15) is 19.1 Å². The lowest BCUT2D eigenvalue weighted by molar-refractivity contribution is -0.141. The van der Waals surface area contributed by atoms with Crippen molar-refractivity contribution in [3.8, 4) is 0 Å². The summed E-state index contributed by atoms with van der Waals surface area (Å²) in [6, 6.07) is 2.72. The van der Waals surface area contributed by atoms with Gasteiger partial charge in [0.05, 0.1) is 6.10 Å². The summed E-state index contributed by atoms with van der Waals surface area (Å²) in [6.07, 6.45) is -0.867. The topological polar surface area (TPSA) is 77.8 Å². The van der Waals surface area contributed by atoms with Crippen molar-refractivity contribution >= 4 is 11.9 Å². The number of β-amino-alcohol motifs (C(OH)–C–C–N with tert-alkyl or cyclic N) is 1. The molecule has 1 heterocycles. The van der Waals surface area contributed by atoms with E-state index in [1.165, 1.54) is 12.1 Å². The smallest absolute Gasteiger partial charge is 0.326 e. The lowest BCUT2D eigenvalue weighted by Gasteiger charge is -2.22. The van der Waals surface area contributed by atoms with E-state index in [0.29, 0.717) is 5.56 Å². The Hall–Kier alpha value is -1.95. The van der Waals surface area contributed by atoms with Crippen LogP contribution in [-0.2, 0) is 4.79 Å². The van der Waals surface area contributed by atoms with Crippen molar-refractivity contribution in [1.29, 1.82) is 0 Å². The highest BCUT2D eigenvalue weighted by Gasteiger charge is 2.39. The van der Waals surface area contributed by atoms with Crippen molar-refractivity contribution in [2.75, 3.05) is 6.54 Å². The molecule has 0 aliphatic carbocycles. The normalized spacial score (nSPS) is 22.6. The molecular formula is C13H14FNO4. The van der Waals surface area contributed by atoms with E-state index >= 15 is 0 Å². The van der Waals surface area contributed by atoms with Gasteiger partial charge in [-0.3, -0.25) is 4.79 Å². The highest BCUT2D eigenvalue weighted by atomic mass is 19.1. The molecule has 19 heavy (non-hydrogen) atoms. The number of hydrogen-bond acceptors (Lipinski definition) is 3. The van der Waals surface area contributed by atoms with Crippen LogP contribution in [0.4, 0.5) is 4.39 Å². The fourth-order valence-electron chi connectivity index (χ4n) is 2.25. The van der Waals surface area contributed by atoms with Gasteiger partial charge in [0.15, 0.2) is 0 Å². The van der Waals surface area contributed by atoms with E-state index in [0.717, 1.165) is 11.0 Å². The van der Waals surface area contributed by atoms with E-state index < -0.39 is 29.8 Å². The van der Waals surface area contributed by atoms with Crippen molar-refractivity contribution in [3.63, 3.8) is 0 Å². The van der Waals surface area contributed by atoms with Gasteiger partial charge in [-0.2, -0.15) is 0 Å². The van der Waals surface area contributed by atoms with Crippen molar-refractivity contribution in [2.45, 2.75) is 25.5 Å². The second kappa shape index (κ2) is 4.97. The zero-order chi connectivity index (χ0) is 14.2. The van der Waals surface area contributed by atoms with Gasteiger partial charge in [-0.25, -0.2) is 9.18 Å². The number of aryl methyl sites for hydroxylation is 1. The molecule has 2 N–H and O–H groups in total. The molecule has 1 aromatic carbocycles. The third-order valence-electron chi connectivity index (χ3n) is 3.25. The van der Waals surface area contributed by atoms with Crippen LogP contribution < -0.4 is 0 Å². The predicted molar refractivity (Wildman–Crippen MR) is 64.2 cm³/mol. The fraction of sp³-hybridized carbons (Fsp3) is 0.385. The summed E-state index contributed by atoms with van der Waals surface area (Å²) in [4.78, 5) is 24.4. The first-order valence-electron chi connectivity index (χ1n) is 5.88. The second-order valence-corrected chi connectivity index (χ2v) is 4.66. The van der Waals surface area contributed by atoms with Crippen LogP contribution in [-0.4, -0.2) is 45.7 Å². The molecule has 1 unspecified atom stereocenters. The summed E-state index contributed by atoms with van der Waals surface area (Å²) in [5.41, 5.74) is 0.692. The lowest BCUT2D eigenvalue weighted by atomic mass is 10.1. The van der Waals surface area contributed by atoms with Gasteiger partial charge < -0.3 is 15.1 Å². The van der Waals surface area contributed by atoms with Crippen LogP contribution in [0.25, 0.3) is 0 Å². The maximum Gasteiger partial charge on any atom is 0.326 e. The molecule has 1 aromatic rings. The van der Waals surface area contributed by atoms with Crippen molar-refractivity contribution < 1.29 is 24.2 Å². The number of likely N-dealkylation sites (tertiary alicyclic amines) is 1. The van der Waals surface area contributed by atoms with Crippen molar-refractivity contribution in [1.82, 2.24) is 4.90 Å². The number of carbonyl (C=O) groups excluding carboxylic acids is 1. The maximum atomic E-state index is 13.2. The molecule has 1 aliphatic heterocycles. The van der Waals surface area contributed by atoms with Gasteiger partial charge in [-0.15, -0.1) is 0 Å². The van der Waals surface area contributed by atoms with Crippen LogP contribution in [0.5, 0.6) is 0 Å². The number of nitrogens with zero attached hydrogens (tertiary/aromatic N) is 1. The third kappa shape index (κ3) is 2.58. The molecular weight excluding hydrogens is 253 g/mol. The Kier molecular flexibility index (Phi) is 3.53. The molecule has 0 radical (unpaired) electrons. The van der Waals surface area contributed by atoms with Gasteiger partial charge in [-0.05, 0) is 24.6 Å². The summed E-state index contributed by atoms with van der Waals surface area (Å²) < 4.78 is 13.2. The van der Waals surface area contributed by atoms with E-state index in [1.807, 2.05) is 0 Å². The zero-order valence-electron chi connectivity index (χ0n) is 10.3. The minimum atomic E-state index is -1.17. The zero-order valence-corrected chi connectivity index (χ0v) is 10.3. The summed E-state index contributed by atoms with van der Waals surface area (Å²) in [5, 5.41) is 18.5. The SMILES string of the molecule is Cc1ccc(F)cc1C(=O)N1CC(O)C[C@H]1C(=O)O. The van der Waals surface area contributed by atoms with Crippen LogP contribution in [0.2, 0.25) is 0 Å². The molecule has 2 rings (SSSR count). The number of carbonyl (C=O) groups is 2. The predicted octanol–water partition coefficient (Wildman–Crippen LogP) is 0.794. The first-order chi connectivity index (χ1) is 8.90. The second-order valence-electron chi connectivity index (χ2n) is 4.66. The number of aliphatic hydroxyl groups excluding tert-OH is 1. The molecule has 0 saturated carbocycles. The number of hydrogen-bond donors (Lipinski definition) is 2. The summed E-state index contributed by atoms with van der Waals surface area (Å²) >= 11 is 0. The van der Waals surface area contributed by atoms with Gasteiger partial charge in [-0.1, -0.05) is 6.07 Å². The average Bonchev–Trinajstić information content (AvgIpc) is 2.74. The molecule has 0 spiro atoms. The van der Waals surface area contributed by atoms with Gasteiger partial charge in [0.2, 0.25) is 0 Å². The number of benzene rings is 1. The van der Waals surface area contributed by atoms with Gasteiger partial charge in [0.25, 0.3) is 5.91 Å². The Morgan fingerprint density at radius 2 is 2.11 bits per heavy atom. The molecule has 102 valence electrons. The van der Waals surface area contributed by atoms with E-state index in [4.69, 9.17) is 5.11 Å². The van der Waals surface area contributed by atoms with Crippen LogP contribution >= 0.6 is 0 Å². The molecule has 2 atom stereocenters.